The van der Waals surface area contributed by atoms with Gasteiger partial charge in [-0.1, -0.05) is 25.6 Å². The van der Waals surface area contributed by atoms with Crippen molar-refractivity contribution in [3.8, 4) is 74.6 Å². The van der Waals surface area contributed by atoms with E-state index >= 15 is 0 Å². The number of ether oxygens (including phenoxy) is 5. The van der Waals surface area contributed by atoms with Crippen LogP contribution in [0.4, 0.5) is 0 Å². The average molecular weight is 836 g/mol. The first kappa shape index (κ1) is 41.7. The lowest BCUT2D eigenvalue weighted by molar-refractivity contribution is -0.277. The zero-order valence-corrected chi connectivity index (χ0v) is 32.2. The second-order valence-electron chi connectivity index (χ2n) is 14.4. The Kier molecular flexibility index (Phi) is 11.1. The van der Waals surface area contributed by atoms with E-state index in [4.69, 9.17) is 28.1 Å². The summed E-state index contributed by atoms with van der Waals surface area (Å²) < 4.78 is 35.2. The van der Waals surface area contributed by atoms with E-state index in [-0.39, 0.29) is 85.3 Å². The van der Waals surface area contributed by atoms with Gasteiger partial charge in [-0.15, -0.1) is 0 Å². The molecule has 3 heterocycles. The summed E-state index contributed by atoms with van der Waals surface area (Å²) in [7, 11) is 2.55. The molecule has 60 heavy (non-hydrogen) atoms. The van der Waals surface area contributed by atoms with Crippen LogP contribution < -0.4 is 18.9 Å². The zero-order chi connectivity index (χ0) is 43.5. The molecule has 7 rings (SSSR count). The minimum absolute atomic E-state index is 0.0359. The SMILES string of the molecule is C=Cc1c(O)c2c(c(C(C)c3c(O)cc(O)c4cc(O[C@@H]5O[C@H](CO)[C@@H](O)[C@H](O)[C@H]5O)c(-c5cc(OC)c(O)c(OC)c5)[o+]c34)c1O)O[C@H](c1ccc(O)c(O)c1)[C@H](O)C2. The number of aliphatic hydroxyl groups excluding tert-OH is 5. The lowest BCUT2D eigenvalue weighted by Gasteiger charge is -2.39. The molecule has 2 aliphatic rings. The van der Waals surface area contributed by atoms with Crippen LogP contribution in [0.25, 0.3) is 28.4 Å². The van der Waals surface area contributed by atoms with Crippen molar-refractivity contribution in [2.24, 2.45) is 0 Å². The second-order valence-corrected chi connectivity index (χ2v) is 14.4. The highest BCUT2D eigenvalue weighted by atomic mass is 16.7. The van der Waals surface area contributed by atoms with Gasteiger partial charge in [0.05, 0.1) is 38.1 Å². The molecule has 318 valence electrons. The maximum atomic E-state index is 11.8. The van der Waals surface area contributed by atoms with Gasteiger partial charge in [0, 0.05) is 47.7 Å². The summed E-state index contributed by atoms with van der Waals surface area (Å²) in [5, 5.41) is 130. The molecule has 0 spiro atoms. The van der Waals surface area contributed by atoms with E-state index in [1.165, 1.54) is 56.7 Å². The molecule has 0 aliphatic carbocycles. The molecule has 8 atom stereocenters. The lowest BCUT2D eigenvalue weighted by atomic mass is 9.83. The van der Waals surface area contributed by atoms with Gasteiger partial charge >= 0.3 is 11.3 Å². The molecule has 0 amide bonds. The number of aliphatic hydroxyl groups is 5. The Morgan fingerprint density at radius 3 is 2.08 bits per heavy atom. The molecular formula is C42H43O18+. The van der Waals surface area contributed by atoms with Crippen LogP contribution in [0.15, 0.2) is 53.5 Å². The highest BCUT2D eigenvalue weighted by Gasteiger charge is 2.46. The number of phenolic OH excluding ortho intramolecular Hbond substituents is 7. The zero-order valence-electron chi connectivity index (χ0n) is 32.2. The van der Waals surface area contributed by atoms with Crippen molar-refractivity contribution in [3.63, 3.8) is 0 Å². The van der Waals surface area contributed by atoms with E-state index in [9.17, 15) is 61.3 Å². The fraction of sp³-hybridized carbons (Fsp3) is 0.310. The fourth-order valence-electron chi connectivity index (χ4n) is 7.67. The van der Waals surface area contributed by atoms with Crippen molar-refractivity contribution >= 4 is 17.0 Å². The Bertz CT molecular complexity index is 2460. The van der Waals surface area contributed by atoms with Crippen LogP contribution >= 0.6 is 0 Å². The van der Waals surface area contributed by atoms with Gasteiger partial charge < -0.3 is 85.0 Å². The third-order valence-corrected chi connectivity index (χ3v) is 10.8. The van der Waals surface area contributed by atoms with Crippen molar-refractivity contribution in [1.82, 2.24) is 0 Å². The Morgan fingerprint density at radius 2 is 1.47 bits per heavy atom. The topological polar surface area (TPSA) is 300 Å². The molecule has 0 bridgehead atoms. The first-order chi connectivity index (χ1) is 28.5. The summed E-state index contributed by atoms with van der Waals surface area (Å²) in [6.07, 6.45) is -10.1. The number of aromatic hydroxyl groups is 7. The number of phenols is 7. The van der Waals surface area contributed by atoms with E-state index in [2.05, 4.69) is 6.58 Å². The molecule has 1 fully saturated rings. The average Bonchev–Trinajstić information content (AvgIpc) is 3.22. The van der Waals surface area contributed by atoms with E-state index in [1.807, 2.05) is 0 Å². The van der Waals surface area contributed by atoms with Gasteiger partial charge in [-0.2, -0.15) is 0 Å². The predicted octanol–water partition coefficient (Wildman–Crippen LogP) is 3.35. The van der Waals surface area contributed by atoms with E-state index in [0.717, 1.165) is 6.07 Å². The maximum Gasteiger partial charge on any atom is 0.402 e. The summed E-state index contributed by atoms with van der Waals surface area (Å²) >= 11 is 0. The van der Waals surface area contributed by atoms with Crippen LogP contribution in [-0.4, -0.2) is 119 Å². The van der Waals surface area contributed by atoms with Gasteiger partial charge in [-0.3, -0.25) is 0 Å². The van der Waals surface area contributed by atoms with Gasteiger partial charge in [0.2, 0.25) is 17.8 Å². The van der Waals surface area contributed by atoms with Crippen molar-refractivity contribution < 1.29 is 89.4 Å². The Labute approximate surface area is 340 Å². The largest absolute Gasteiger partial charge is 0.507 e. The molecule has 12 N–H and O–H groups in total. The van der Waals surface area contributed by atoms with Gasteiger partial charge in [0.25, 0.3) is 0 Å². The summed E-state index contributed by atoms with van der Waals surface area (Å²) in [6.45, 7) is 4.49. The summed E-state index contributed by atoms with van der Waals surface area (Å²) in [5.41, 5.74) is -0.0852. The van der Waals surface area contributed by atoms with Crippen molar-refractivity contribution in [2.45, 2.75) is 62.2 Å². The third kappa shape index (κ3) is 6.87. The normalized spacial score (nSPS) is 23.0. The molecule has 18 nitrogen and oxygen atoms in total. The van der Waals surface area contributed by atoms with Crippen molar-refractivity contribution in [3.05, 3.63) is 76.9 Å². The van der Waals surface area contributed by atoms with E-state index in [1.54, 1.807) is 6.92 Å². The van der Waals surface area contributed by atoms with Gasteiger partial charge in [-0.05, 0) is 17.7 Å². The minimum atomic E-state index is -1.88. The van der Waals surface area contributed by atoms with Crippen LogP contribution in [0.5, 0.6) is 63.2 Å². The first-order valence-electron chi connectivity index (χ1n) is 18.4. The van der Waals surface area contributed by atoms with Crippen LogP contribution in [0.3, 0.4) is 0 Å². The summed E-state index contributed by atoms with van der Waals surface area (Å²) in [5.74, 6) is -5.37. The number of rotatable bonds is 10. The molecule has 4 aromatic carbocycles. The lowest BCUT2D eigenvalue weighted by Crippen LogP contribution is -2.60. The third-order valence-electron chi connectivity index (χ3n) is 10.8. The van der Waals surface area contributed by atoms with E-state index in [0.29, 0.717) is 0 Å². The van der Waals surface area contributed by atoms with Crippen LogP contribution in [0, 0.1) is 0 Å². The van der Waals surface area contributed by atoms with E-state index < -0.39 is 89.9 Å². The molecule has 1 saturated heterocycles. The molecule has 0 saturated carbocycles. The van der Waals surface area contributed by atoms with Gasteiger partial charge in [-0.25, -0.2) is 4.42 Å². The minimum Gasteiger partial charge on any atom is -0.507 e. The summed E-state index contributed by atoms with van der Waals surface area (Å²) in [4.78, 5) is 0. The standard InChI is InChI=1S/C42H42O18/c1-5-18-32(49)20-11-25(48)38(16-6-7-21(44)23(46)8-16)59-41(20)31(33(18)50)15(2)30-24(47)13-22(45)19-12-28(57-42-37(54)36(53)35(52)29(14-43)58-42)39(60-40(19)30)17-9-26(55-3)34(51)27(10-17)56-4/h5-10,12-13,15,25,29,35-38,42-43,48,52-54H,1,11,14H2,2-4H3,(H6-,44,45,46,47,49,50,51)/p+1/t15?,25-,29-,35-,36+,37-,38-,42-/m1/s1. The highest BCUT2D eigenvalue weighted by molar-refractivity contribution is 5.92. The molecule has 18 heteroatoms. The first-order valence-corrected chi connectivity index (χ1v) is 18.4. The van der Waals surface area contributed by atoms with Crippen molar-refractivity contribution in [1.29, 1.82) is 0 Å². The molecule has 5 aromatic rings. The van der Waals surface area contributed by atoms with Crippen LogP contribution in [0.2, 0.25) is 0 Å². The van der Waals surface area contributed by atoms with Gasteiger partial charge in [0.15, 0.2) is 23.0 Å². The Morgan fingerprint density at radius 1 is 0.783 bits per heavy atom. The quantitative estimate of drug-likeness (QED) is 0.0709. The predicted molar refractivity (Wildman–Crippen MR) is 209 cm³/mol. The number of hydrogen-bond acceptors (Lipinski definition) is 17. The molecular weight excluding hydrogens is 792 g/mol. The highest BCUT2D eigenvalue weighted by Crippen LogP contribution is 2.55. The van der Waals surface area contributed by atoms with Crippen LogP contribution in [-0.2, 0) is 11.2 Å². The molecule has 1 unspecified atom stereocenters. The molecule has 0 radical (unpaired) electrons. The van der Waals surface area contributed by atoms with Gasteiger partial charge in [0.1, 0.15) is 70.2 Å². The van der Waals surface area contributed by atoms with Crippen molar-refractivity contribution in [2.75, 3.05) is 20.8 Å². The number of methoxy groups -OCH3 is 2. The summed E-state index contributed by atoms with van der Waals surface area (Å²) in [6, 6.07) is 8.68. The number of benzene rings is 4. The Hall–Kier alpha value is -6.41. The fourth-order valence-corrected chi connectivity index (χ4v) is 7.67. The Balaban J connectivity index is 1.47. The smallest absolute Gasteiger partial charge is 0.402 e. The molecule has 2 aliphatic heterocycles. The maximum absolute atomic E-state index is 11.8. The monoisotopic (exact) mass is 835 g/mol. The molecule has 1 aromatic heterocycles. The number of fused-ring (bicyclic) bond motifs is 2. The van der Waals surface area contributed by atoms with Crippen LogP contribution in [0.1, 0.15) is 46.8 Å². The second kappa shape index (κ2) is 16.0. The number of hydrogen-bond donors (Lipinski definition) is 12.